The third-order valence-electron chi connectivity index (χ3n) is 2.76. The number of imidazole rings is 1. The van der Waals surface area contributed by atoms with E-state index in [0.717, 1.165) is 0 Å². The first-order valence-electron chi connectivity index (χ1n) is 5.80. The van der Waals surface area contributed by atoms with Crippen LogP contribution < -0.4 is 10.4 Å². The number of fused-ring (bicyclic) bond motifs is 1. The Kier molecular flexibility index (Phi) is 3.19. The van der Waals surface area contributed by atoms with Crippen molar-refractivity contribution < 1.29 is 8.42 Å². The fourth-order valence-corrected chi connectivity index (χ4v) is 3.02. The quantitative estimate of drug-likeness (QED) is 0.681. The third kappa shape index (κ3) is 2.76. The van der Waals surface area contributed by atoms with E-state index >= 15 is 0 Å². The molecule has 2 aromatic heterocycles. The number of H-pyrrole nitrogens is 2. The summed E-state index contributed by atoms with van der Waals surface area (Å²) in [5.41, 5.74) is 0.533. The number of benzene rings is 1. The number of aromatic amines is 2. The molecule has 108 valence electrons. The molecule has 3 N–H and O–H groups in total. The van der Waals surface area contributed by atoms with Crippen LogP contribution in [0.2, 0.25) is 5.02 Å². The Morgan fingerprint density at radius 1 is 1.10 bits per heavy atom. The van der Waals surface area contributed by atoms with Gasteiger partial charge in [-0.05, 0) is 24.3 Å². The van der Waals surface area contributed by atoms with E-state index < -0.39 is 15.7 Å². The minimum absolute atomic E-state index is 0.00651. The Bertz CT molecular complexity index is 977. The van der Waals surface area contributed by atoms with Gasteiger partial charge in [-0.3, -0.25) is 4.72 Å². The lowest BCUT2D eigenvalue weighted by atomic mass is 10.3. The molecule has 0 amide bonds. The molecule has 3 rings (SSSR count). The Balaban J connectivity index is 2.01. The molecule has 0 aliphatic heterocycles. The lowest BCUT2D eigenvalue weighted by molar-refractivity contribution is 0.601. The van der Waals surface area contributed by atoms with Gasteiger partial charge in [0.25, 0.3) is 10.0 Å². The summed E-state index contributed by atoms with van der Waals surface area (Å²) in [5, 5.41) is 0.369. The van der Waals surface area contributed by atoms with E-state index in [1.165, 1.54) is 36.5 Å². The number of nitrogens with one attached hydrogen (secondary N) is 3. The van der Waals surface area contributed by atoms with Crippen molar-refractivity contribution in [1.82, 2.24) is 15.0 Å². The van der Waals surface area contributed by atoms with Crippen LogP contribution in [0.25, 0.3) is 11.0 Å². The van der Waals surface area contributed by atoms with Crippen molar-refractivity contribution in [2.75, 3.05) is 4.72 Å². The van der Waals surface area contributed by atoms with Gasteiger partial charge in [-0.1, -0.05) is 11.6 Å². The average Bonchev–Trinajstić information content (AvgIpc) is 2.77. The third-order valence-corrected chi connectivity index (χ3v) is 4.35. The van der Waals surface area contributed by atoms with Crippen molar-refractivity contribution in [3.05, 3.63) is 52.0 Å². The highest BCUT2D eigenvalue weighted by Crippen LogP contribution is 2.19. The van der Waals surface area contributed by atoms with E-state index in [-0.39, 0.29) is 10.7 Å². The van der Waals surface area contributed by atoms with Crippen LogP contribution in [0.15, 0.2) is 46.2 Å². The minimum Gasteiger partial charge on any atom is -0.306 e. The normalized spacial score (nSPS) is 11.7. The van der Waals surface area contributed by atoms with Gasteiger partial charge in [0.2, 0.25) is 0 Å². The fourth-order valence-electron chi connectivity index (χ4n) is 1.84. The molecule has 0 aliphatic rings. The summed E-state index contributed by atoms with van der Waals surface area (Å²) in [7, 11) is -3.82. The molecule has 0 saturated heterocycles. The van der Waals surface area contributed by atoms with Crippen LogP contribution in [0.3, 0.4) is 0 Å². The first kappa shape index (κ1) is 13.7. The molecule has 2 heterocycles. The molecule has 0 aliphatic carbocycles. The fraction of sp³-hybridized carbons (Fsp3) is 0. The van der Waals surface area contributed by atoms with Crippen molar-refractivity contribution in [3.63, 3.8) is 0 Å². The Hall–Kier alpha value is -2.32. The summed E-state index contributed by atoms with van der Waals surface area (Å²) in [4.78, 5) is 20.1. The van der Waals surface area contributed by atoms with Crippen molar-refractivity contribution >= 4 is 38.5 Å². The number of pyridine rings is 1. The smallest absolute Gasteiger partial charge is 0.306 e. The molecule has 1 aromatic carbocycles. The molecule has 0 radical (unpaired) electrons. The molecule has 21 heavy (non-hydrogen) atoms. The van der Waals surface area contributed by atoms with Gasteiger partial charge < -0.3 is 9.97 Å². The zero-order chi connectivity index (χ0) is 15.0. The minimum atomic E-state index is -3.82. The molecule has 0 atom stereocenters. The van der Waals surface area contributed by atoms with E-state index in [1.807, 2.05) is 0 Å². The molecular formula is C12H9ClN4O3S. The maximum Gasteiger partial charge on any atom is 0.323 e. The van der Waals surface area contributed by atoms with Gasteiger partial charge in [0.05, 0.1) is 15.9 Å². The summed E-state index contributed by atoms with van der Waals surface area (Å²) in [6, 6.07) is 7.19. The number of aromatic nitrogens is 3. The maximum absolute atomic E-state index is 12.3. The first-order valence-corrected chi connectivity index (χ1v) is 7.67. The van der Waals surface area contributed by atoms with E-state index in [2.05, 4.69) is 19.7 Å². The van der Waals surface area contributed by atoms with Gasteiger partial charge in [0, 0.05) is 17.3 Å². The van der Waals surface area contributed by atoms with E-state index in [0.29, 0.717) is 16.1 Å². The highest BCUT2D eigenvalue weighted by atomic mass is 35.5. The van der Waals surface area contributed by atoms with Gasteiger partial charge in [-0.2, -0.15) is 0 Å². The van der Waals surface area contributed by atoms with Crippen LogP contribution in [-0.4, -0.2) is 23.4 Å². The molecule has 3 aromatic rings. The van der Waals surface area contributed by atoms with Crippen LogP contribution >= 0.6 is 11.6 Å². The van der Waals surface area contributed by atoms with Gasteiger partial charge in [-0.25, -0.2) is 18.2 Å². The molecule has 9 heteroatoms. The average molecular weight is 325 g/mol. The van der Waals surface area contributed by atoms with Crippen LogP contribution in [0.5, 0.6) is 0 Å². The number of halogens is 1. The number of nitrogens with zero attached hydrogens (tertiary/aromatic N) is 1. The topological polar surface area (TPSA) is 108 Å². The number of hydrogen-bond acceptors (Lipinski definition) is 4. The SMILES string of the molecule is O=c1[nH]c2ccc(S(=O)(=O)Nc3cc(Cl)ccn3)cc2[nH]1. The standard InChI is InChI=1S/C12H9ClN4O3S/c13-7-3-4-14-11(5-7)17-21(19,20)8-1-2-9-10(6-8)16-12(18)15-9/h1-6H,(H,14,17)(H2,15,16,18). The largest absolute Gasteiger partial charge is 0.323 e. The second-order valence-corrected chi connectivity index (χ2v) is 6.37. The highest BCUT2D eigenvalue weighted by molar-refractivity contribution is 7.92. The molecule has 0 saturated carbocycles. The van der Waals surface area contributed by atoms with Crippen molar-refractivity contribution in [1.29, 1.82) is 0 Å². The molecule has 0 unspecified atom stereocenters. The van der Waals surface area contributed by atoms with Gasteiger partial charge in [0.1, 0.15) is 5.82 Å². The van der Waals surface area contributed by atoms with E-state index in [4.69, 9.17) is 11.6 Å². The van der Waals surface area contributed by atoms with Crippen LogP contribution in [0, 0.1) is 0 Å². The lowest BCUT2D eigenvalue weighted by Gasteiger charge is -2.07. The second kappa shape index (κ2) is 4.90. The summed E-state index contributed by atoms with van der Waals surface area (Å²) >= 11 is 5.78. The summed E-state index contributed by atoms with van der Waals surface area (Å²) < 4.78 is 26.9. The molecule has 0 fully saturated rings. The maximum atomic E-state index is 12.3. The number of sulfonamides is 1. The summed E-state index contributed by atoms with van der Waals surface area (Å²) in [5.74, 6) is 0.116. The Labute approximate surface area is 124 Å². The first-order chi connectivity index (χ1) is 9.94. The zero-order valence-electron chi connectivity index (χ0n) is 10.4. The zero-order valence-corrected chi connectivity index (χ0v) is 12.0. The van der Waals surface area contributed by atoms with Crippen molar-refractivity contribution in [2.45, 2.75) is 4.90 Å². The number of anilines is 1. The Morgan fingerprint density at radius 2 is 1.86 bits per heavy atom. The molecular weight excluding hydrogens is 316 g/mol. The summed E-state index contributed by atoms with van der Waals surface area (Å²) in [6.45, 7) is 0. The second-order valence-electron chi connectivity index (χ2n) is 4.25. The molecule has 0 bridgehead atoms. The lowest BCUT2D eigenvalue weighted by Crippen LogP contribution is -2.13. The van der Waals surface area contributed by atoms with Gasteiger partial charge >= 0.3 is 5.69 Å². The number of hydrogen-bond donors (Lipinski definition) is 3. The van der Waals surface area contributed by atoms with Gasteiger partial charge in [0.15, 0.2) is 0 Å². The van der Waals surface area contributed by atoms with Crippen molar-refractivity contribution in [2.24, 2.45) is 0 Å². The predicted octanol–water partition coefficient (Wildman–Crippen LogP) is 1.71. The van der Waals surface area contributed by atoms with Gasteiger partial charge in [-0.15, -0.1) is 0 Å². The van der Waals surface area contributed by atoms with Crippen LogP contribution in [0.4, 0.5) is 5.82 Å². The van der Waals surface area contributed by atoms with Crippen molar-refractivity contribution in [3.8, 4) is 0 Å². The predicted molar refractivity (Wildman–Crippen MR) is 79.0 cm³/mol. The van der Waals surface area contributed by atoms with Crippen LogP contribution in [0.1, 0.15) is 0 Å². The van der Waals surface area contributed by atoms with E-state index in [1.54, 1.807) is 0 Å². The Morgan fingerprint density at radius 3 is 2.62 bits per heavy atom. The summed E-state index contributed by atoms with van der Waals surface area (Å²) in [6.07, 6.45) is 1.40. The monoisotopic (exact) mass is 324 g/mol. The highest BCUT2D eigenvalue weighted by Gasteiger charge is 2.16. The number of rotatable bonds is 3. The van der Waals surface area contributed by atoms with Crippen LogP contribution in [-0.2, 0) is 10.0 Å². The van der Waals surface area contributed by atoms with E-state index in [9.17, 15) is 13.2 Å². The molecule has 7 nitrogen and oxygen atoms in total. The molecule has 0 spiro atoms.